The highest BCUT2D eigenvalue weighted by Crippen LogP contribution is 2.41. The van der Waals surface area contributed by atoms with Crippen LogP contribution < -0.4 is 20.9 Å². The van der Waals surface area contributed by atoms with Crippen LogP contribution in [0.15, 0.2) is 45.9 Å². The second-order valence-corrected chi connectivity index (χ2v) is 11.1. The van der Waals surface area contributed by atoms with E-state index in [0.717, 1.165) is 29.8 Å². The van der Waals surface area contributed by atoms with Gasteiger partial charge in [0.2, 0.25) is 0 Å². The quantitative estimate of drug-likeness (QED) is 0.0491. The predicted octanol–water partition coefficient (Wildman–Crippen LogP) is 4.05. The summed E-state index contributed by atoms with van der Waals surface area (Å²) in [6.45, 7) is 5.58. The van der Waals surface area contributed by atoms with Crippen molar-refractivity contribution in [1.29, 1.82) is 10.9 Å². The first kappa shape index (κ1) is 32.7. The third kappa shape index (κ3) is 7.48. The number of hydrogen-bond donors (Lipinski definition) is 4. The Morgan fingerprint density at radius 3 is 2.69 bits per heavy atom. The maximum absolute atomic E-state index is 15.0. The summed E-state index contributed by atoms with van der Waals surface area (Å²) in [5.74, 6) is 4.08. The van der Waals surface area contributed by atoms with E-state index in [1.807, 2.05) is 30.6 Å². The molecular formula is C30H37FN10O4. The van der Waals surface area contributed by atoms with Gasteiger partial charge in [-0.25, -0.2) is 14.4 Å². The average molecular weight is 621 g/mol. The zero-order valence-electron chi connectivity index (χ0n) is 25.6. The molecule has 3 aromatic rings. The van der Waals surface area contributed by atoms with Gasteiger partial charge in [-0.1, -0.05) is 11.3 Å². The molecule has 2 aromatic heterocycles. The number of hydrazone groups is 1. The van der Waals surface area contributed by atoms with E-state index in [2.05, 4.69) is 26.7 Å². The first-order chi connectivity index (χ1) is 21.6. The molecular weight excluding hydrogens is 583 g/mol. The number of methoxy groups -OCH3 is 1. The Morgan fingerprint density at radius 1 is 1.31 bits per heavy atom. The van der Waals surface area contributed by atoms with Gasteiger partial charge in [-0.2, -0.15) is 10.6 Å². The van der Waals surface area contributed by atoms with Gasteiger partial charge in [0, 0.05) is 24.5 Å². The van der Waals surface area contributed by atoms with Crippen LogP contribution in [0.5, 0.6) is 5.75 Å². The summed E-state index contributed by atoms with van der Waals surface area (Å²) in [6.07, 6.45) is 8.52. The van der Waals surface area contributed by atoms with Gasteiger partial charge in [-0.05, 0) is 69.2 Å². The number of rotatable bonds is 15. The number of nitrogens with one attached hydrogen (secondary N) is 3. The molecule has 1 aliphatic rings. The summed E-state index contributed by atoms with van der Waals surface area (Å²) in [5, 5.41) is 17.5. The van der Waals surface area contributed by atoms with E-state index < -0.39 is 17.1 Å². The minimum absolute atomic E-state index is 0.0623. The van der Waals surface area contributed by atoms with E-state index in [1.54, 1.807) is 6.92 Å². The first-order valence-electron chi connectivity index (χ1n) is 14.3. The van der Waals surface area contributed by atoms with E-state index in [4.69, 9.17) is 31.2 Å². The highest BCUT2D eigenvalue weighted by Gasteiger charge is 2.32. The van der Waals surface area contributed by atoms with Crippen LogP contribution in [0.25, 0.3) is 5.65 Å². The van der Waals surface area contributed by atoms with E-state index in [1.165, 1.54) is 31.0 Å². The number of ether oxygens (including phenoxy) is 2. The Labute approximate surface area is 259 Å². The number of esters is 1. The van der Waals surface area contributed by atoms with Crippen molar-refractivity contribution in [2.45, 2.75) is 59.0 Å². The number of fused-ring (bicyclic) bond motifs is 1. The number of pyridine rings is 1. The van der Waals surface area contributed by atoms with E-state index in [9.17, 15) is 9.59 Å². The zero-order valence-corrected chi connectivity index (χ0v) is 25.6. The Kier molecular flexibility index (Phi) is 10.2. The van der Waals surface area contributed by atoms with Crippen LogP contribution in [0.4, 0.5) is 10.1 Å². The molecule has 0 spiro atoms. The van der Waals surface area contributed by atoms with Crippen LogP contribution in [0.1, 0.15) is 61.9 Å². The maximum atomic E-state index is 15.0. The minimum Gasteiger partial charge on any atom is -0.494 e. The minimum atomic E-state index is -0.785. The Bertz CT molecular complexity index is 1650. The molecule has 1 aromatic carbocycles. The lowest BCUT2D eigenvalue weighted by Gasteiger charge is -2.23. The fourth-order valence-corrected chi connectivity index (χ4v) is 4.88. The summed E-state index contributed by atoms with van der Waals surface area (Å²) >= 11 is 0. The summed E-state index contributed by atoms with van der Waals surface area (Å²) < 4.78 is 27.3. The molecule has 238 valence electrons. The molecule has 1 amide bonds. The van der Waals surface area contributed by atoms with Gasteiger partial charge < -0.3 is 25.0 Å². The van der Waals surface area contributed by atoms with Crippen LogP contribution in [-0.4, -0.2) is 53.2 Å². The van der Waals surface area contributed by atoms with Crippen LogP contribution in [-0.2, 0) is 33.8 Å². The summed E-state index contributed by atoms with van der Waals surface area (Å²) in [4.78, 5) is 34.5. The summed E-state index contributed by atoms with van der Waals surface area (Å²) in [6, 6.07) is 4.86. The fraction of sp³-hybridized carbons (Fsp3) is 0.400. The lowest BCUT2D eigenvalue weighted by molar-refractivity contribution is -0.153. The molecule has 0 saturated heterocycles. The monoisotopic (exact) mass is 620 g/mol. The molecule has 0 bridgehead atoms. The standard InChI is InChI=1S/C30H37FN10O4/c1-5-45-29(43)30(2,3)11-19-10-20(18-6-7-18)15-40-16-21(37-27(19)40)12-35-14-23(38-33)28(42)36-13-22-24(41(17-32)39-34)8-9-25(44-4)26(22)31/h8-10,14-18,32,34H,5-7,11-13,33H2,1-4H3,(H,36,42)/b32-17?,35-14?,38-23+,39-34?. The SMILES string of the molecule is CCOC(=O)C(C)(C)Cc1cc(C2CC2)cn2cc(CN=C/C(=N\N)C(=O)NCc3c(N(C=N)N=N)ccc(OC)c3F)nc12. The second kappa shape index (κ2) is 14.1. The molecule has 15 heteroatoms. The fourth-order valence-electron chi connectivity index (χ4n) is 4.88. The van der Waals surface area contributed by atoms with Crippen LogP contribution in [0.2, 0.25) is 0 Å². The lowest BCUT2D eigenvalue weighted by atomic mass is 9.85. The number of nitrogens with zero attached hydrogens (tertiary/aromatic N) is 6. The number of nitrogens with two attached hydrogens (primary N) is 1. The molecule has 1 fully saturated rings. The molecule has 4 rings (SSSR count). The third-order valence-corrected chi connectivity index (χ3v) is 7.35. The van der Waals surface area contributed by atoms with Gasteiger partial charge in [-0.3, -0.25) is 20.0 Å². The number of imidazole rings is 1. The number of anilines is 1. The smallest absolute Gasteiger partial charge is 0.311 e. The van der Waals surface area contributed by atoms with E-state index in [0.29, 0.717) is 30.3 Å². The molecule has 0 aliphatic heterocycles. The lowest BCUT2D eigenvalue weighted by Crippen LogP contribution is -2.33. The average Bonchev–Trinajstić information content (AvgIpc) is 3.79. The number of aromatic nitrogens is 2. The Balaban J connectivity index is 1.50. The molecule has 5 N–H and O–H groups in total. The molecule has 0 radical (unpaired) electrons. The number of aliphatic imine (C=N–C) groups is 1. The van der Waals surface area contributed by atoms with Crippen molar-refractivity contribution in [3.63, 3.8) is 0 Å². The number of benzene rings is 1. The number of carbonyl (C=O) groups excluding carboxylic acids is 2. The molecule has 14 nitrogen and oxygen atoms in total. The summed E-state index contributed by atoms with van der Waals surface area (Å²) in [5.41, 5.74) is 9.76. The third-order valence-electron chi connectivity index (χ3n) is 7.35. The van der Waals surface area contributed by atoms with Crippen molar-refractivity contribution < 1.29 is 23.5 Å². The van der Waals surface area contributed by atoms with E-state index in [-0.39, 0.29) is 41.8 Å². The number of carbonyl (C=O) groups is 2. The number of hydrogen-bond acceptors (Lipinski definition) is 11. The molecule has 2 heterocycles. The van der Waals surface area contributed by atoms with Crippen molar-refractivity contribution in [3.05, 3.63) is 58.8 Å². The highest BCUT2D eigenvalue weighted by molar-refractivity contribution is 6.60. The van der Waals surface area contributed by atoms with Crippen molar-refractivity contribution in [3.8, 4) is 5.75 Å². The van der Waals surface area contributed by atoms with Gasteiger partial charge >= 0.3 is 5.97 Å². The van der Waals surface area contributed by atoms with Crippen molar-refractivity contribution >= 4 is 41.5 Å². The molecule has 0 atom stereocenters. The van der Waals surface area contributed by atoms with Crippen LogP contribution in [0.3, 0.4) is 0 Å². The van der Waals surface area contributed by atoms with Gasteiger partial charge in [0.25, 0.3) is 5.91 Å². The van der Waals surface area contributed by atoms with E-state index >= 15 is 4.39 Å². The first-order valence-corrected chi connectivity index (χ1v) is 14.3. The molecule has 0 unspecified atom stereocenters. The van der Waals surface area contributed by atoms with Gasteiger partial charge in [0.05, 0.1) is 43.3 Å². The Morgan fingerprint density at radius 2 is 2.07 bits per heavy atom. The zero-order chi connectivity index (χ0) is 32.7. The number of halogens is 1. The van der Waals surface area contributed by atoms with Crippen LogP contribution >= 0.6 is 0 Å². The molecule has 45 heavy (non-hydrogen) atoms. The van der Waals surface area contributed by atoms with Gasteiger partial charge in [0.15, 0.2) is 17.3 Å². The van der Waals surface area contributed by atoms with Crippen LogP contribution in [0, 0.1) is 22.2 Å². The summed E-state index contributed by atoms with van der Waals surface area (Å²) in [7, 11) is 1.29. The van der Waals surface area contributed by atoms with Gasteiger partial charge in [-0.15, -0.1) is 0 Å². The largest absolute Gasteiger partial charge is 0.494 e. The molecule has 1 aliphatic carbocycles. The topological polar surface area (TPSA) is 196 Å². The molecule has 1 saturated carbocycles. The van der Waals surface area contributed by atoms with Crippen molar-refractivity contribution in [1.82, 2.24) is 14.7 Å². The van der Waals surface area contributed by atoms with Crippen molar-refractivity contribution in [2.24, 2.45) is 26.6 Å². The second-order valence-electron chi connectivity index (χ2n) is 11.1. The maximum Gasteiger partial charge on any atom is 0.311 e. The normalized spacial score (nSPS) is 13.6. The number of amides is 1. The van der Waals surface area contributed by atoms with Gasteiger partial charge in [0.1, 0.15) is 12.0 Å². The van der Waals surface area contributed by atoms with Crippen molar-refractivity contribution in [2.75, 3.05) is 18.7 Å². The predicted molar refractivity (Wildman–Crippen MR) is 166 cm³/mol. The highest BCUT2D eigenvalue weighted by atomic mass is 19.1. The Hall–Kier alpha value is -5.21.